The van der Waals surface area contributed by atoms with Crippen molar-refractivity contribution < 1.29 is 0 Å². The van der Waals surface area contributed by atoms with Gasteiger partial charge in [0.05, 0.1) is 0 Å². The number of rotatable bonds is 7. The fourth-order valence-electron chi connectivity index (χ4n) is 2.16. The maximum absolute atomic E-state index is 6.04. The minimum Gasteiger partial charge on any atom is -0.309 e. The van der Waals surface area contributed by atoms with Crippen LogP contribution in [0.25, 0.3) is 0 Å². The van der Waals surface area contributed by atoms with Crippen molar-refractivity contribution in [2.24, 2.45) is 0 Å². The van der Waals surface area contributed by atoms with Gasteiger partial charge in [-0.15, -0.1) is 11.6 Å². The van der Waals surface area contributed by atoms with Crippen molar-refractivity contribution in [3.63, 3.8) is 0 Å². The van der Waals surface area contributed by atoms with Gasteiger partial charge < -0.3 is 5.32 Å². The lowest BCUT2D eigenvalue weighted by Gasteiger charge is -2.16. The quantitative estimate of drug-likeness (QED) is 0.589. The average Bonchev–Trinajstić information content (AvgIpc) is 2.49. The minimum absolute atomic E-state index is 0.249. The summed E-state index contributed by atoms with van der Waals surface area (Å²) in [5.41, 5.74) is 2.66. The van der Waals surface area contributed by atoms with Crippen molar-refractivity contribution in [3.05, 3.63) is 71.8 Å². The van der Waals surface area contributed by atoms with Crippen molar-refractivity contribution in [2.75, 3.05) is 12.4 Å². The predicted octanol–water partition coefficient (Wildman–Crippen LogP) is 4.19. The second-order valence-corrected chi connectivity index (χ2v) is 4.97. The van der Waals surface area contributed by atoms with Crippen LogP contribution in [-0.2, 0) is 6.42 Å². The highest BCUT2D eigenvalue weighted by Gasteiger charge is 2.08. The fraction of sp³-hybridized carbons (Fsp3) is 0.294. The van der Waals surface area contributed by atoms with E-state index < -0.39 is 0 Å². The van der Waals surface area contributed by atoms with Crippen LogP contribution in [0.1, 0.15) is 23.6 Å². The van der Waals surface area contributed by atoms with E-state index in [0.717, 1.165) is 19.4 Å². The van der Waals surface area contributed by atoms with Crippen LogP contribution in [0.15, 0.2) is 60.7 Å². The molecule has 1 nitrogen and oxygen atoms in total. The molecule has 2 aromatic carbocycles. The highest BCUT2D eigenvalue weighted by atomic mass is 35.5. The predicted molar refractivity (Wildman–Crippen MR) is 82.7 cm³/mol. The Bertz CT molecular complexity index is 455. The van der Waals surface area contributed by atoms with Gasteiger partial charge in [0.25, 0.3) is 0 Å². The zero-order chi connectivity index (χ0) is 13.3. The maximum atomic E-state index is 6.04. The number of aryl methyl sites for hydroxylation is 1. The molecule has 0 amide bonds. The van der Waals surface area contributed by atoms with Gasteiger partial charge in [0, 0.05) is 11.9 Å². The van der Waals surface area contributed by atoms with Gasteiger partial charge in [-0.3, -0.25) is 0 Å². The largest absolute Gasteiger partial charge is 0.309 e. The SMILES string of the molecule is ClCC(NCCCc1ccccc1)c1ccccc1. The molecule has 19 heavy (non-hydrogen) atoms. The Kier molecular flexibility index (Phi) is 5.93. The topological polar surface area (TPSA) is 12.0 Å². The fourth-order valence-corrected chi connectivity index (χ4v) is 2.45. The molecule has 1 unspecified atom stereocenters. The van der Waals surface area contributed by atoms with E-state index in [9.17, 15) is 0 Å². The Morgan fingerprint density at radius 3 is 2.16 bits per heavy atom. The van der Waals surface area contributed by atoms with Crippen molar-refractivity contribution >= 4 is 11.6 Å². The van der Waals surface area contributed by atoms with E-state index >= 15 is 0 Å². The van der Waals surface area contributed by atoms with Crippen molar-refractivity contribution in [1.82, 2.24) is 5.32 Å². The average molecular weight is 274 g/mol. The third-order valence-electron chi connectivity index (χ3n) is 3.23. The highest BCUT2D eigenvalue weighted by molar-refractivity contribution is 6.18. The van der Waals surface area contributed by atoms with Crippen LogP contribution in [0.4, 0.5) is 0 Å². The summed E-state index contributed by atoms with van der Waals surface area (Å²) in [5, 5.41) is 3.52. The van der Waals surface area contributed by atoms with Crippen molar-refractivity contribution in [1.29, 1.82) is 0 Å². The molecule has 0 aliphatic heterocycles. The molecule has 0 saturated heterocycles. The molecule has 0 bridgehead atoms. The van der Waals surface area contributed by atoms with E-state index in [1.165, 1.54) is 11.1 Å². The van der Waals surface area contributed by atoms with Gasteiger partial charge in [-0.2, -0.15) is 0 Å². The van der Waals surface area contributed by atoms with E-state index in [1.54, 1.807) is 0 Å². The Balaban J connectivity index is 1.75. The van der Waals surface area contributed by atoms with Gasteiger partial charge in [-0.25, -0.2) is 0 Å². The molecule has 0 aliphatic carbocycles. The lowest BCUT2D eigenvalue weighted by molar-refractivity contribution is 0.562. The van der Waals surface area contributed by atoms with Crippen LogP contribution in [0.2, 0.25) is 0 Å². The molecule has 0 radical (unpaired) electrons. The first-order valence-electron chi connectivity index (χ1n) is 6.78. The summed E-state index contributed by atoms with van der Waals surface area (Å²) >= 11 is 6.04. The molecule has 2 aromatic rings. The summed E-state index contributed by atoms with van der Waals surface area (Å²) in [6.45, 7) is 0.987. The molecule has 2 heteroatoms. The van der Waals surface area contributed by atoms with Crippen LogP contribution >= 0.6 is 11.6 Å². The van der Waals surface area contributed by atoms with Crippen LogP contribution in [0, 0.1) is 0 Å². The van der Waals surface area contributed by atoms with Gasteiger partial charge in [-0.1, -0.05) is 60.7 Å². The maximum Gasteiger partial charge on any atom is 0.0457 e. The summed E-state index contributed by atoms with van der Waals surface area (Å²) in [5.74, 6) is 0.606. The Morgan fingerprint density at radius 2 is 1.53 bits per heavy atom. The molecule has 0 heterocycles. The van der Waals surface area contributed by atoms with Gasteiger partial charge in [0.2, 0.25) is 0 Å². The molecular formula is C17H20ClN. The van der Waals surface area contributed by atoms with E-state index in [1.807, 2.05) is 6.07 Å². The molecule has 0 saturated carbocycles. The van der Waals surface area contributed by atoms with E-state index in [4.69, 9.17) is 11.6 Å². The van der Waals surface area contributed by atoms with Crippen molar-refractivity contribution in [3.8, 4) is 0 Å². The molecule has 1 atom stereocenters. The smallest absolute Gasteiger partial charge is 0.0457 e. The first-order chi connectivity index (χ1) is 9.40. The molecule has 0 spiro atoms. The third kappa shape index (κ3) is 4.70. The van der Waals surface area contributed by atoms with Crippen LogP contribution in [0.5, 0.6) is 0 Å². The van der Waals surface area contributed by atoms with Gasteiger partial charge in [0.15, 0.2) is 0 Å². The standard InChI is InChI=1S/C17H20ClN/c18-14-17(16-11-5-2-6-12-16)19-13-7-10-15-8-3-1-4-9-15/h1-6,8-9,11-12,17,19H,7,10,13-14H2. The number of hydrogen-bond acceptors (Lipinski definition) is 1. The summed E-state index contributed by atoms with van der Waals surface area (Å²) in [4.78, 5) is 0. The number of benzene rings is 2. The first-order valence-corrected chi connectivity index (χ1v) is 7.32. The Labute approximate surface area is 120 Å². The molecule has 0 aromatic heterocycles. The van der Waals surface area contributed by atoms with Crippen LogP contribution < -0.4 is 5.32 Å². The van der Waals surface area contributed by atoms with E-state index in [-0.39, 0.29) is 6.04 Å². The first kappa shape index (κ1) is 14.1. The number of nitrogens with one attached hydrogen (secondary N) is 1. The normalized spacial score (nSPS) is 12.3. The monoisotopic (exact) mass is 273 g/mol. The van der Waals surface area contributed by atoms with E-state index in [2.05, 4.69) is 59.9 Å². The molecule has 2 rings (SSSR count). The second-order valence-electron chi connectivity index (χ2n) is 4.66. The lowest BCUT2D eigenvalue weighted by Crippen LogP contribution is -2.24. The van der Waals surface area contributed by atoms with Crippen LogP contribution in [0.3, 0.4) is 0 Å². The van der Waals surface area contributed by atoms with Gasteiger partial charge in [-0.05, 0) is 30.5 Å². The summed E-state index contributed by atoms with van der Waals surface area (Å²) in [6.07, 6.45) is 2.24. The van der Waals surface area contributed by atoms with Crippen LogP contribution in [-0.4, -0.2) is 12.4 Å². The van der Waals surface area contributed by atoms with Crippen molar-refractivity contribution in [2.45, 2.75) is 18.9 Å². The summed E-state index contributed by atoms with van der Waals surface area (Å²) in [7, 11) is 0. The summed E-state index contributed by atoms with van der Waals surface area (Å²) in [6, 6.07) is 21.2. The number of alkyl halides is 1. The van der Waals surface area contributed by atoms with Gasteiger partial charge >= 0.3 is 0 Å². The zero-order valence-electron chi connectivity index (χ0n) is 11.1. The third-order valence-corrected chi connectivity index (χ3v) is 3.54. The second kappa shape index (κ2) is 7.98. The van der Waals surface area contributed by atoms with Gasteiger partial charge in [0.1, 0.15) is 0 Å². The minimum atomic E-state index is 0.249. The molecule has 0 fully saturated rings. The number of halogens is 1. The molecule has 1 N–H and O–H groups in total. The zero-order valence-corrected chi connectivity index (χ0v) is 11.8. The highest BCUT2D eigenvalue weighted by Crippen LogP contribution is 2.14. The Hall–Kier alpha value is -1.31. The Morgan fingerprint density at radius 1 is 0.895 bits per heavy atom. The molecule has 100 valence electrons. The molecular weight excluding hydrogens is 254 g/mol. The summed E-state index contributed by atoms with van der Waals surface area (Å²) < 4.78 is 0. The number of hydrogen-bond donors (Lipinski definition) is 1. The van der Waals surface area contributed by atoms with E-state index in [0.29, 0.717) is 5.88 Å². The lowest BCUT2D eigenvalue weighted by atomic mass is 10.1. The molecule has 0 aliphatic rings.